The second-order valence-electron chi connectivity index (χ2n) is 10.4. The van der Waals surface area contributed by atoms with Crippen molar-refractivity contribution in [3.05, 3.63) is 156 Å². The zero-order valence-electron chi connectivity index (χ0n) is 21.7. The van der Waals surface area contributed by atoms with Gasteiger partial charge < -0.3 is 4.90 Å². The SMILES string of the molecule is Cc1ccc(C2=CC(c3ccc4ccccc4c3)N(C)c3ccc(-c4ccc5ccccc5c4)cc32)cc1. The van der Waals surface area contributed by atoms with Crippen molar-refractivity contribution in [2.75, 3.05) is 11.9 Å². The molecule has 0 N–H and O–H groups in total. The van der Waals surface area contributed by atoms with Crippen molar-refractivity contribution >= 4 is 32.8 Å². The van der Waals surface area contributed by atoms with E-state index in [1.54, 1.807) is 0 Å². The van der Waals surface area contributed by atoms with Gasteiger partial charge >= 0.3 is 0 Å². The van der Waals surface area contributed by atoms with Gasteiger partial charge in [0, 0.05) is 18.3 Å². The largest absolute Gasteiger partial charge is 0.364 e. The number of nitrogens with zero attached hydrogens (tertiary/aromatic N) is 1. The molecule has 7 rings (SSSR count). The Kier molecular flexibility index (Phi) is 5.37. The molecule has 0 saturated carbocycles. The fourth-order valence-electron chi connectivity index (χ4n) is 5.81. The van der Waals surface area contributed by atoms with Gasteiger partial charge in [-0.2, -0.15) is 0 Å². The van der Waals surface area contributed by atoms with Crippen molar-refractivity contribution in [3.8, 4) is 11.1 Å². The molecule has 1 nitrogen and oxygen atoms in total. The van der Waals surface area contributed by atoms with Crippen LogP contribution in [0.15, 0.2) is 133 Å². The maximum Gasteiger partial charge on any atom is 0.0733 e. The number of rotatable bonds is 3. The highest BCUT2D eigenvalue weighted by Crippen LogP contribution is 2.44. The minimum Gasteiger partial charge on any atom is -0.364 e. The van der Waals surface area contributed by atoms with Crippen LogP contribution in [0, 0.1) is 6.92 Å². The number of fused-ring (bicyclic) bond motifs is 3. The summed E-state index contributed by atoms with van der Waals surface area (Å²) in [6, 6.07) is 46.9. The van der Waals surface area contributed by atoms with Crippen molar-refractivity contribution in [1.82, 2.24) is 0 Å². The van der Waals surface area contributed by atoms with Crippen LogP contribution in [-0.4, -0.2) is 7.05 Å². The maximum atomic E-state index is 2.45. The predicted octanol–water partition coefficient (Wildman–Crippen LogP) is 9.59. The summed E-state index contributed by atoms with van der Waals surface area (Å²) in [6.07, 6.45) is 2.45. The van der Waals surface area contributed by atoms with E-state index in [1.165, 1.54) is 66.2 Å². The average Bonchev–Trinajstić information content (AvgIpc) is 2.97. The molecule has 1 heterocycles. The van der Waals surface area contributed by atoms with E-state index >= 15 is 0 Å². The number of aryl methyl sites for hydroxylation is 1. The Balaban J connectivity index is 1.39. The minimum absolute atomic E-state index is 0.148. The van der Waals surface area contributed by atoms with Gasteiger partial charge in [-0.25, -0.2) is 0 Å². The molecule has 0 fully saturated rings. The van der Waals surface area contributed by atoms with Crippen LogP contribution in [0.2, 0.25) is 0 Å². The molecule has 1 unspecified atom stereocenters. The highest BCUT2D eigenvalue weighted by molar-refractivity contribution is 5.93. The Morgan fingerprint density at radius 3 is 1.84 bits per heavy atom. The summed E-state index contributed by atoms with van der Waals surface area (Å²) in [6.45, 7) is 2.15. The van der Waals surface area contributed by atoms with Crippen LogP contribution in [0.4, 0.5) is 5.69 Å². The summed E-state index contributed by atoms with van der Waals surface area (Å²) in [7, 11) is 2.22. The Hall–Kier alpha value is -4.62. The van der Waals surface area contributed by atoms with Crippen LogP contribution in [0.3, 0.4) is 0 Å². The Labute approximate surface area is 224 Å². The van der Waals surface area contributed by atoms with E-state index in [4.69, 9.17) is 0 Å². The van der Waals surface area contributed by atoms with Gasteiger partial charge in [-0.05, 0) is 86.6 Å². The second-order valence-corrected chi connectivity index (χ2v) is 10.4. The van der Waals surface area contributed by atoms with Gasteiger partial charge in [0.05, 0.1) is 6.04 Å². The van der Waals surface area contributed by atoms with Crippen LogP contribution < -0.4 is 4.90 Å². The van der Waals surface area contributed by atoms with E-state index in [2.05, 4.69) is 152 Å². The van der Waals surface area contributed by atoms with Gasteiger partial charge in [-0.1, -0.05) is 109 Å². The molecule has 38 heavy (non-hydrogen) atoms. The molecule has 6 aromatic carbocycles. The molecule has 0 spiro atoms. The van der Waals surface area contributed by atoms with Gasteiger partial charge in [-0.3, -0.25) is 0 Å². The van der Waals surface area contributed by atoms with Crippen LogP contribution in [0.1, 0.15) is 28.3 Å². The third kappa shape index (κ3) is 3.88. The lowest BCUT2D eigenvalue weighted by molar-refractivity contribution is 0.802. The van der Waals surface area contributed by atoms with Gasteiger partial charge in [0.15, 0.2) is 0 Å². The molecule has 6 aromatic rings. The Morgan fingerprint density at radius 2 is 1.11 bits per heavy atom. The first kappa shape index (κ1) is 22.6. The van der Waals surface area contributed by atoms with Gasteiger partial charge in [0.2, 0.25) is 0 Å². The normalized spacial score (nSPS) is 14.9. The quantitative estimate of drug-likeness (QED) is 0.240. The highest BCUT2D eigenvalue weighted by atomic mass is 15.1. The third-order valence-corrected chi connectivity index (χ3v) is 7.97. The van der Waals surface area contributed by atoms with Gasteiger partial charge in [0.1, 0.15) is 0 Å². The lowest BCUT2D eigenvalue weighted by Crippen LogP contribution is -2.27. The summed E-state index contributed by atoms with van der Waals surface area (Å²) in [5, 5.41) is 5.09. The van der Waals surface area contributed by atoms with E-state index < -0.39 is 0 Å². The van der Waals surface area contributed by atoms with Crippen LogP contribution in [0.5, 0.6) is 0 Å². The van der Waals surface area contributed by atoms with Gasteiger partial charge in [0.25, 0.3) is 0 Å². The molecule has 1 heteroatoms. The molecule has 0 aliphatic carbocycles. The standard InChI is InChI=1S/C37H29N/c1-25-11-13-28(14-12-25)34-24-37(33-18-16-27-8-4-6-10-30(27)22-33)38(2)36-20-19-32(23-35(34)36)31-17-15-26-7-3-5-9-29(26)21-31/h3-24,37H,1-2H3. The van der Waals surface area contributed by atoms with Crippen molar-refractivity contribution in [2.45, 2.75) is 13.0 Å². The molecule has 0 radical (unpaired) electrons. The van der Waals surface area contributed by atoms with Crippen LogP contribution >= 0.6 is 0 Å². The van der Waals surface area contributed by atoms with E-state index in [0.717, 1.165) is 0 Å². The number of anilines is 1. The third-order valence-electron chi connectivity index (χ3n) is 7.97. The first-order chi connectivity index (χ1) is 18.6. The van der Waals surface area contributed by atoms with Crippen molar-refractivity contribution in [2.24, 2.45) is 0 Å². The molecule has 182 valence electrons. The van der Waals surface area contributed by atoms with Crippen molar-refractivity contribution in [1.29, 1.82) is 0 Å². The molecule has 0 aromatic heterocycles. The zero-order chi connectivity index (χ0) is 25.6. The Morgan fingerprint density at radius 1 is 0.526 bits per heavy atom. The van der Waals surface area contributed by atoms with Crippen molar-refractivity contribution < 1.29 is 0 Å². The molecule has 0 saturated heterocycles. The lowest BCUT2D eigenvalue weighted by Gasteiger charge is -2.36. The fraction of sp³-hybridized carbons (Fsp3) is 0.0811. The first-order valence-electron chi connectivity index (χ1n) is 13.3. The van der Waals surface area contributed by atoms with Crippen LogP contribution in [0.25, 0.3) is 38.2 Å². The Bertz CT molecular complexity index is 1840. The smallest absolute Gasteiger partial charge is 0.0733 e. The van der Waals surface area contributed by atoms with E-state index in [9.17, 15) is 0 Å². The lowest BCUT2D eigenvalue weighted by atomic mass is 9.86. The van der Waals surface area contributed by atoms with E-state index in [0.29, 0.717) is 0 Å². The summed E-state index contributed by atoms with van der Waals surface area (Å²) in [5.41, 5.74) is 10.1. The predicted molar refractivity (Wildman–Crippen MR) is 163 cm³/mol. The first-order valence-corrected chi connectivity index (χ1v) is 13.3. The number of hydrogen-bond donors (Lipinski definition) is 0. The minimum atomic E-state index is 0.148. The molecular formula is C37H29N. The van der Waals surface area contributed by atoms with Crippen molar-refractivity contribution in [3.63, 3.8) is 0 Å². The topological polar surface area (TPSA) is 3.24 Å². The monoisotopic (exact) mass is 487 g/mol. The molecule has 0 amide bonds. The number of hydrogen-bond acceptors (Lipinski definition) is 1. The number of benzene rings is 6. The second kappa shape index (κ2) is 9.04. The molecular weight excluding hydrogens is 458 g/mol. The fourth-order valence-corrected chi connectivity index (χ4v) is 5.81. The highest BCUT2D eigenvalue weighted by Gasteiger charge is 2.26. The number of likely N-dealkylation sites (N-methyl/N-ethyl adjacent to an activating group) is 1. The van der Waals surface area contributed by atoms with E-state index in [-0.39, 0.29) is 6.04 Å². The van der Waals surface area contributed by atoms with E-state index in [1.807, 2.05) is 0 Å². The zero-order valence-corrected chi connectivity index (χ0v) is 21.7. The van der Waals surface area contributed by atoms with Gasteiger partial charge in [-0.15, -0.1) is 0 Å². The molecule has 0 bridgehead atoms. The molecule has 1 aliphatic heterocycles. The summed E-state index contributed by atoms with van der Waals surface area (Å²) in [4.78, 5) is 2.42. The van der Waals surface area contributed by atoms with Crippen LogP contribution in [-0.2, 0) is 0 Å². The summed E-state index contributed by atoms with van der Waals surface area (Å²) < 4.78 is 0. The summed E-state index contributed by atoms with van der Waals surface area (Å²) >= 11 is 0. The molecule has 1 atom stereocenters. The summed E-state index contributed by atoms with van der Waals surface area (Å²) in [5.74, 6) is 0. The maximum absolute atomic E-state index is 2.45. The average molecular weight is 488 g/mol. The molecule has 1 aliphatic rings.